The van der Waals surface area contributed by atoms with Crippen molar-refractivity contribution in [2.45, 2.75) is 6.42 Å². The van der Waals surface area contributed by atoms with E-state index in [-0.39, 0.29) is 22.5 Å². The van der Waals surface area contributed by atoms with Crippen molar-refractivity contribution in [1.29, 1.82) is 0 Å². The predicted octanol–water partition coefficient (Wildman–Crippen LogP) is 3.90. The Morgan fingerprint density at radius 3 is 2.76 bits per heavy atom. The van der Waals surface area contributed by atoms with Crippen LogP contribution in [0.2, 0.25) is 10.3 Å². The van der Waals surface area contributed by atoms with Crippen molar-refractivity contribution in [1.82, 2.24) is 9.97 Å². The molecule has 0 saturated heterocycles. The molecule has 88 valence electrons. The van der Waals surface area contributed by atoms with Crippen LogP contribution in [0.3, 0.4) is 0 Å². The monoisotopic (exact) mass is 332 g/mol. The maximum atomic E-state index is 11.9. The maximum absolute atomic E-state index is 11.9. The Morgan fingerprint density at radius 2 is 2.18 bits per heavy atom. The van der Waals surface area contributed by atoms with Gasteiger partial charge < -0.3 is 4.98 Å². The summed E-state index contributed by atoms with van der Waals surface area (Å²) in [7, 11) is 0. The average molecular weight is 334 g/mol. The Bertz CT molecular complexity index is 549. The molecular weight excluding hydrogens is 327 g/mol. The average Bonchev–Trinajstić information content (AvgIpc) is 2.58. The Balaban J connectivity index is 2.17. The minimum absolute atomic E-state index is 0.0478. The van der Waals surface area contributed by atoms with Gasteiger partial charge in [-0.05, 0) is 12.1 Å². The first-order chi connectivity index (χ1) is 8.06. The molecule has 0 bridgehead atoms. The first-order valence-electron chi connectivity index (χ1n) is 4.75. The first kappa shape index (κ1) is 12.6. The van der Waals surface area contributed by atoms with Gasteiger partial charge in [0.1, 0.15) is 11.0 Å². The Labute approximate surface area is 116 Å². The zero-order valence-electron chi connectivity index (χ0n) is 8.51. The van der Waals surface area contributed by atoms with E-state index in [1.807, 2.05) is 6.07 Å². The number of nitrogens with one attached hydrogen (secondary N) is 1. The van der Waals surface area contributed by atoms with Crippen molar-refractivity contribution < 1.29 is 4.79 Å². The van der Waals surface area contributed by atoms with Gasteiger partial charge in [0, 0.05) is 10.0 Å². The van der Waals surface area contributed by atoms with E-state index in [0.717, 1.165) is 4.47 Å². The van der Waals surface area contributed by atoms with Crippen molar-refractivity contribution in [3.63, 3.8) is 0 Å². The SMILES string of the molecule is O=C(Cc1nc(Cl)c(Cl)[nH]1)c1cccc(Br)c1. The van der Waals surface area contributed by atoms with Gasteiger partial charge in [-0.15, -0.1) is 0 Å². The molecule has 1 N–H and O–H groups in total. The molecule has 2 rings (SSSR count). The van der Waals surface area contributed by atoms with Gasteiger partial charge in [-0.1, -0.05) is 51.3 Å². The molecule has 0 radical (unpaired) electrons. The highest BCUT2D eigenvalue weighted by molar-refractivity contribution is 9.10. The number of hydrogen-bond acceptors (Lipinski definition) is 2. The molecule has 0 fully saturated rings. The summed E-state index contributed by atoms with van der Waals surface area (Å²) < 4.78 is 0.860. The van der Waals surface area contributed by atoms with Crippen molar-refractivity contribution >= 4 is 44.9 Å². The molecule has 0 saturated carbocycles. The number of carbonyl (C=O) groups excluding carboxylic acids is 1. The van der Waals surface area contributed by atoms with Crippen LogP contribution in [-0.4, -0.2) is 15.8 Å². The number of aromatic nitrogens is 2. The third kappa shape index (κ3) is 3.09. The number of aromatic amines is 1. The summed E-state index contributed by atoms with van der Waals surface area (Å²) in [6.45, 7) is 0. The van der Waals surface area contributed by atoms with Crippen LogP contribution in [0.25, 0.3) is 0 Å². The lowest BCUT2D eigenvalue weighted by Crippen LogP contribution is -2.04. The normalized spacial score (nSPS) is 10.5. The van der Waals surface area contributed by atoms with E-state index in [2.05, 4.69) is 25.9 Å². The highest BCUT2D eigenvalue weighted by atomic mass is 79.9. The number of rotatable bonds is 3. The van der Waals surface area contributed by atoms with Crippen LogP contribution in [0.1, 0.15) is 16.2 Å². The predicted molar refractivity (Wildman–Crippen MR) is 70.8 cm³/mol. The van der Waals surface area contributed by atoms with Crippen LogP contribution in [0.4, 0.5) is 0 Å². The van der Waals surface area contributed by atoms with Crippen LogP contribution < -0.4 is 0 Å². The number of H-pyrrole nitrogens is 1. The molecule has 0 aliphatic rings. The highest BCUT2D eigenvalue weighted by Gasteiger charge is 2.12. The van der Waals surface area contributed by atoms with E-state index in [1.165, 1.54) is 0 Å². The summed E-state index contributed by atoms with van der Waals surface area (Å²) in [6, 6.07) is 7.17. The second kappa shape index (κ2) is 5.21. The number of imidazole rings is 1. The van der Waals surface area contributed by atoms with Crippen molar-refractivity contribution in [2.75, 3.05) is 0 Å². The molecule has 6 heteroatoms. The third-order valence-electron chi connectivity index (χ3n) is 2.14. The van der Waals surface area contributed by atoms with Gasteiger partial charge in [-0.25, -0.2) is 4.98 Å². The fourth-order valence-electron chi connectivity index (χ4n) is 1.37. The van der Waals surface area contributed by atoms with Gasteiger partial charge >= 0.3 is 0 Å². The van der Waals surface area contributed by atoms with Crippen molar-refractivity contribution in [3.05, 3.63) is 50.4 Å². The smallest absolute Gasteiger partial charge is 0.170 e. The summed E-state index contributed by atoms with van der Waals surface area (Å²) in [5, 5.41) is 0.437. The minimum Gasteiger partial charge on any atom is -0.331 e. The highest BCUT2D eigenvalue weighted by Crippen LogP contribution is 2.19. The number of hydrogen-bond donors (Lipinski definition) is 1. The van der Waals surface area contributed by atoms with Gasteiger partial charge in [0.05, 0.1) is 6.42 Å². The molecular formula is C11H7BrCl2N2O. The van der Waals surface area contributed by atoms with Gasteiger partial charge in [0.2, 0.25) is 0 Å². The van der Waals surface area contributed by atoms with E-state index < -0.39 is 0 Å². The van der Waals surface area contributed by atoms with Gasteiger partial charge in [-0.2, -0.15) is 0 Å². The van der Waals surface area contributed by atoms with Crippen molar-refractivity contribution in [3.8, 4) is 0 Å². The first-order valence-corrected chi connectivity index (χ1v) is 6.30. The molecule has 17 heavy (non-hydrogen) atoms. The van der Waals surface area contributed by atoms with Crippen LogP contribution in [-0.2, 0) is 6.42 Å². The lowest BCUT2D eigenvalue weighted by molar-refractivity contribution is 0.0991. The second-order valence-electron chi connectivity index (χ2n) is 3.40. The van der Waals surface area contributed by atoms with Gasteiger partial charge in [0.25, 0.3) is 0 Å². The number of halogens is 3. The molecule has 2 aromatic rings. The van der Waals surface area contributed by atoms with Gasteiger partial charge in [0.15, 0.2) is 10.9 Å². The number of carbonyl (C=O) groups is 1. The zero-order chi connectivity index (χ0) is 12.4. The Kier molecular flexibility index (Phi) is 3.86. The van der Waals surface area contributed by atoms with Crippen LogP contribution in [0.5, 0.6) is 0 Å². The fourth-order valence-corrected chi connectivity index (χ4v) is 2.07. The molecule has 0 aliphatic heterocycles. The van der Waals surface area contributed by atoms with E-state index >= 15 is 0 Å². The molecule has 3 nitrogen and oxygen atoms in total. The number of ketones is 1. The second-order valence-corrected chi connectivity index (χ2v) is 5.05. The third-order valence-corrected chi connectivity index (χ3v) is 3.28. The van der Waals surface area contributed by atoms with E-state index in [4.69, 9.17) is 23.2 Å². The molecule has 1 heterocycles. The summed E-state index contributed by atoms with van der Waals surface area (Å²) in [6.07, 6.45) is 0.142. The van der Waals surface area contributed by atoms with E-state index in [9.17, 15) is 4.79 Å². The minimum atomic E-state index is -0.0478. The molecule has 1 aromatic carbocycles. The number of benzene rings is 1. The van der Waals surface area contributed by atoms with Crippen molar-refractivity contribution in [2.24, 2.45) is 0 Å². The number of nitrogens with zero attached hydrogens (tertiary/aromatic N) is 1. The van der Waals surface area contributed by atoms with Crippen LogP contribution in [0, 0.1) is 0 Å². The summed E-state index contributed by atoms with van der Waals surface area (Å²) in [5.41, 5.74) is 0.614. The summed E-state index contributed by atoms with van der Waals surface area (Å²) in [4.78, 5) is 18.6. The van der Waals surface area contributed by atoms with Crippen LogP contribution >= 0.6 is 39.1 Å². The molecule has 0 aliphatic carbocycles. The summed E-state index contributed by atoms with van der Waals surface area (Å²) >= 11 is 14.7. The topological polar surface area (TPSA) is 45.8 Å². The number of Topliss-reactive ketones (excluding diaryl/α,β-unsaturated/α-hetero) is 1. The zero-order valence-corrected chi connectivity index (χ0v) is 11.6. The van der Waals surface area contributed by atoms with E-state index in [0.29, 0.717) is 11.4 Å². The molecule has 0 atom stereocenters. The molecule has 0 spiro atoms. The Hall–Kier alpha value is -0.840. The quantitative estimate of drug-likeness (QED) is 0.866. The molecule has 1 aromatic heterocycles. The Morgan fingerprint density at radius 1 is 1.41 bits per heavy atom. The molecule has 0 unspecified atom stereocenters. The van der Waals surface area contributed by atoms with Crippen LogP contribution in [0.15, 0.2) is 28.7 Å². The lowest BCUT2D eigenvalue weighted by atomic mass is 10.1. The summed E-state index contributed by atoms with van der Waals surface area (Å²) in [5.74, 6) is 0.415. The standard InChI is InChI=1S/C11H7BrCl2N2O/c12-7-3-1-2-6(4-7)8(17)5-9-15-10(13)11(14)16-9/h1-4H,5H2,(H,15,16). The lowest BCUT2D eigenvalue weighted by Gasteiger charge is -1.99. The molecule has 0 amide bonds. The maximum Gasteiger partial charge on any atom is 0.170 e. The fraction of sp³-hybridized carbons (Fsp3) is 0.0909. The largest absolute Gasteiger partial charge is 0.331 e. The van der Waals surface area contributed by atoms with E-state index in [1.54, 1.807) is 18.2 Å². The van der Waals surface area contributed by atoms with Gasteiger partial charge in [-0.3, -0.25) is 4.79 Å².